The molecule has 5 nitrogen and oxygen atoms in total. The van der Waals surface area contributed by atoms with E-state index in [1.807, 2.05) is 16.4 Å². The van der Waals surface area contributed by atoms with Crippen LogP contribution in [0.2, 0.25) is 0 Å². The van der Waals surface area contributed by atoms with Gasteiger partial charge in [-0.15, -0.1) is 23.1 Å². The van der Waals surface area contributed by atoms with Crippen LogP contribution in [0.5, 0.6) is 0 Å². The molecule has 7 heteroatoms. The van der Waals surface area contributed by atoms with Crippen molar-refractivity contribution < 1.29 is 4.79 Å². The number of nitrogens with zero attached hydrogens (tertiary/aromatic N) is 3. The van der Waals surface area contributed by atoms with Gasteiger partial charge >= 0.3 is 0 Å². The van der Waals surface area contributed by atoms with Gasteiger partial charge in [0.1, 0.15) is 10.7 Å². The highest BCUT2D eigenvalue weighted by Crippen LogP contribution is 2.30. The van der Waals surface area contributed by atoms with E-state index in [4.69, 9.17) is 4.98 Å². The molecule has 0 N–H and O–H groups in total. The quantitative estimate of drug-likeness (QED) is 0.794. The molecule has 0 radical (unpaired) electrons. The van der Waals surface area contributed by atoms with E-state index in [0.717, 1.165) is 66.6 Å². The van der Waals surface area contributed by atoms with Gasteiger partial charge in [-0.1, -0.05) is 6.42 Å². The van der Waals surface area contributed by atoms with Gasteiger partial charge in [0.2, 0.25) is 0 Å². The minimum absolute atomic E-state index is 0.0375. The summed E-state index contributed by atoms with van der Waals surface area (Å²) in [6.45, 7) is 3.43. The monoisotopic (exact) mass is 349 g/mol. The van der Waals surface area contributed by atoms with Gasteiger partial charge in [-0.2, -0.15) is 0 Å². The molecular formula is C16H19N3O2S2. The second-order valence-corrected chi connectivity index (χ2v) is 8.21. The van der Waals surface area contributed by atoms with E-state index in [0.29, 0.717) is 10.3 Å². The van der Waals surface area contributed by atoms with E-state index in [9.17, 15) is 9.59 Å². The summed E-state index contributed by atoms with van der Waals surface area (Å²) in [6.07, 6.45) is 4.11. The highest BCUT2D eigenvalue weighted by molar-refractivity contribution is 7.99. The fraction of sp³-hybridized carbons (Fsp3) is 0.562. The van der Waals surface area contributed by atoms with Crippen molar-refractivity contribution in [1.82, 2.24) is 14.5 Å². The van der Waals surface area contributed by atoms with E-state index in [1.54, 1.807) is 11.8 Å². The molecule has 1 amide bonds. The third-order valence-corrected chi connectivity index (χ3v) is 6.78. The predicted molar refractivity (Wildman–Crippen MR) is 94.5 cm³/mol. The lowest BCUT2D eigenvalue weighted by Crippen LogP contribution is -2.27. The van der Waals surface area contributed by atoms with Crippen molar-refractivity contribution in [2.45, 2.75) is 39.2 Å². The third-order valence-electron chi connectivity index (χ3n) is 4.65. The molecule has 2 aromatic heterocycles. The van der Waals surface area contributed by atoms with Gasteiger partial charge in [0.25, 0.3) is 11.5 Å². The molecule has 0 saturated carbocycles. The number of carbonyl (C=O) groups excluding carboxylic acids is 1. The van der Waals surface area contributed by atoms with Gasteiger partial charge in [-0.25, -0.2) is 4.98 Å². The van der Waals surface area contributed by atoms with Gasteiger partial charge in [-0.3, -0.25) is 14.2 Å². The number of fused-ring (bicyclic) bond motifs is 2. The first kappa shape index (κ1) is 15.2. The van der Waals surface area contributed by atoms with Crippen LogP contribution in [0.25, 0.3) is 10.2 Å². The van der Waals surface area contributed by atoms with Crippen LogP contribution in [0.3, 0.4) is 0 Å². The fourth-order valence-electron chi connectivity index (χ4n) is 3.33. The predicted octanol–water partition coefficient (Wildman–Crippen LogP) is 2.64. The summed E-state index contributed by atoms with van der Waals surface area (Å²) in [7, 11) is 0. The number of thiophene rings is 1. The molecular weight excluding hydrogens is 330 g/mol. The average molecular weight is 349 g/mol. The molecule has 23 heavy (non-hydrogen) atoms. The number of aromatic nitrogens is 2. The molecule has 2 aromatic rings. The van der Waals surface area contributed by atoms with E-state index in [1.165, 1.54) is 11.3 Å². The Kier molecular flexibility index (Phi) is 3.93. The molecule has 0 atom stereocenters. The van der Waals surface area contributed by atoms with Crippen LogP contribution in [0.15, 0.2) is 4.79 Å². The lowest BCUT2D eigenvalue weighted by atomic mass is 10.2. The Morgan fingerprint density at radius 3 is 2.87 bits per heavy atom. The van der Waals surface area contributed by atoms with Crippen molar-refractivity contribution in [2.75, 3.05) is 18.2 Å². The summed E-state index contributed by atoms with van der Waals surface area (Å²) < 4.78 is 1.83. The number of hydrogen-bond acceptors (Lipinski definition) is 5. The summed E-state index contributed by atoms with van der Waals surface area (Å²) in [6, 6.07) is 0. The summed E-state index contributed by atoms with van der Waals surface area (Å²) in [4.78, 5) is 33.6. The van der Waals surface area contributed by atoms with Crippen molar-refractivity contribution in [2.24, 2.45) is 0 Å². The zero-order valence-corrected chi connectivity index (χ0v) is 14.8. The third kappa shape index (κ3) is 2.50. The average Bonchev–Trinajstić information content (AvgIpc) is 3.10. The van der Waals surface area contributed by atoms with Gasteiger partial charge < -0.3 is 4.90 Å². The number of aryl methyl sites for hydroxylation is 2. The minimum atomic E-state index is 0.0375. The largest absolute Gasteiger partial charge is 0.328 e. The molecule has 1 fully saturated rings. The molecule has 0 bridgehead atoms. The Morgan fingerprint density at radius 1 is 1.22 bits per heavy atom. The van der Waals surface area contributed by atoms with Crippen LogP contribution < -0.4 is 5.56 Å². The van der Waals surface area contributed by atoms with E-state index >= 15 is 0 Å². The zero-order valence-electron chi connectivity index (χ0n) is 13.1. The summed E-state index contributed by atoms with van der Waals surface area (Å²) in [5.74, 6) is 2.67. The first-order valence-corrected chi connectivity index (χ1v) is 10.0. The van der Waals surface area contributed by atoms with Gasteiger partial charge in [0.15, 0.2) is 0 Å². The highest BCUT2D eigenvalue weighted by Gasteiger charge is 2.26. The number of carbonyl (C=O) groups is 1. The van der Waals surface area contributed by atoms with Gasteiger partial charge in [-0.05, 0) is 25.3 Å². The Bertz CT molecular complexity index is 834. The van der Waals surface area contributed by atoms with Crippen LogP contribution in [0.1, 0.15) is 40.3 Å². The zero-order chi connectivity index (χ0) is 16.0. The topological polar surface area (TPSA) is 55.2 Å². The molecule has 122 valence electrons. The van der Waals surface area contributed by atoms with Crippen LogP contribution in [-0.2, 0) is 13.0 Å². The van der Waals surface area contributed by atoms with E-state index in [-0.39, 0.29) is 11.5 Å². The van der Waals surface area contributed by atoms with Crippen LogP contribution in [0.4, 0.5) is 0 Å². The van der Waals surface area contributed by atoms with Crippen LogP contribution >= 0.6 is 23.1 Å². The number of rotatable bonds is 1. The molecule has 0 aromatic carbocycles. The maximum Gasteiger partial charge on any atom is 0.265 e. The fourth-order valence-corrected chi connectivity index (χ4v) is 5.44. The molecule has 0 spiro atoms. The van der Waals surface area contributed by atoms with E-state index < -0.39 is 0 Å². The molecule has 4 heterocycles. The Hall–Kier alpha value is -1.34. The molecule has 4 rings (SSSR count). The second kappa shape index (κ2) is 5.94. The lowest BCUT2D eigenvalue weighted by molar-refractivity contribution is 0.0807. The van der Waals surface area contributed by atoms with Crippen molar-refractivity contribution in [3.05, 3.63) is 26.6 Å². The Morgan fingerprint density at radius 2 is 2.09 bits per heavy atom. The van der Waals surface area contributed by atoms with Crippen molar-refractivity contribution in [1.29, 1.82) is 0 Å². The summed E-state index contributed by atoms with van der Waals surface area (Å²) in [5.41, 5.74) is 0.847. The lowest BCUT2D eigenvalue weighted by Gasteiger charge is -2.13. The number of thioether (sulfide) groups is 1. The molecule has 2 aliphatic rings. The number of hydrogen-bond donors (Lipinski definition) is 0. The summed E-state index contributed by atoms with van der Waals surface area (Å²) in [5, 5.41) is 0.649. The molecule has 0 unspecified atom stereocenters. The van der Waals surface area contributed by atoms with Crippen LogP contribution in [0, 0.1) is 6.92 Å². The summed E-state index contributed by atoms with van der Waals surface area (Å²) >= 11 is 3.16. The van der Waals surface area contributed by atoms with Crippen LogP contribution in [-0.4, -0.2) is 38.5 Å². The molecule has 1 saturated heterocycles. The van der Waals surface area contributed by atoms with E-state index in [2.05, 4.69) is 0 Å². The highest BCUT2D eigenvalue weighted by atomic mass is 32.2. The number of amides is 1. The van der Waals surface area contributed by atoms with Gasteiger partial charge in [0.05, 0.1) is 16.1 Å². The second-order valence-electron chi connectivity index (χ2n) is 6.14. The Labute approximate surface area is 142 Å². The smallest absolute Gasteiger partial charge is 0.265 e. The maximum absolute atomic E-state index is 12.9. The van der Waals surface area contributed by atoms with Crippen molar-refractivity contribution in [3.63, 3.8) is 0 Å². The van der Waals surface area contributed by atoms with Gasteiger partial charge in [0, 0.05) is 25.3 Å². The maximum atomic E-state index is 12.9. The standard InChI is InChI=1S/C16H19N3O2S2/c1-10-12-14(23-13(10)16(21)18-7-8-22-9-18)17-11-5-3-2-4-6-19(11)15(12)20/h2-9H2,1H3. The normalized spacial score (nSPS) is 18.2. The Balaban J connectivity index is 1.86. The first-order chi connectivity index (χ1) is 11.2. The molecule has 0 aliphatic carbocycles. The minimum Gasteiger partial charge on any atom is -0.328 e. The van der Waals surface area contributed by atoms with Crippen molar-refractivity contribution >= 4 is 39.2 Å². The first-order valence-electron chi connectivity index (χ1n) is 8.06. The van der Waals surface area contributed by atoms with Crippen molar-refractivity contribution in [3.8, 4) is 0 Å². The molecule has 2 aliphatic heterocycles. The SMILES string of the molecule is Cc1c(C(=O)N2CCSC2)sc2nc3n(c(=O)c12)CCCCC3.